The van der Waals surface area contributed by atoms with Gasteiger partial charge in [0.1, 0.15) is 10.7 Å². The molecule has 0 saturated heterocycles. The highest BCUT2D eigenvalue weighted by molar-refractivity contribution is 7.13. The second-order valence-electron chi connectivity index (χ2n) is 6.73. The molecule has 2 heterocycles. The molecule has 26 heavy (non-hydrogen) atoms. The molecule has 1 aromatic carbocycles. The normalized spacial score (nSPS) is 15.0. The lowest BCUT2D eigenvalue weighted by molar-refractivity contribution is 0.0933. The number of rotatable bonds is 6. The van der Waals surface area contributed by atoms with Crippen molar-refractivity contribution in [3.05, 3.63) is 41.4 Å². The van der Waals surface area contributed by atoms with Crippen LogP contribution in [-0.4, -0.2) is 35.2 Å². The number of hydrogen-bond donors (Lipinski definition) is 1. The van der Waals surface area contributed by atoms with Crippen LogP contribution in [0.15, 0.2) is 35.7 Å². The first kappa shape index (κ1) is 17.2. The smallest absolute Gasteiger partial charge is 0.270 e. The van der Waals surface area contributed by atoms with Gasteiger partial charge in [0.25, 0.3) is 5.91 Å². The van der Waals surface area contributed by atoms with Crippen molar-refractivity contribution < 1.29 is 9.53 Å². The van der Waals surface area contributed by atoms with Crippen LogP contribution in [0.3, 0.4) is 0 Å². The van der Waals surface area contributed by atoms with Crippen molar-refractivity contribution in [1.82, 2.24) is 14.9 Å². The van der Waals surface area contributed by atoms with E-state index in [9.17, 15) is 4.79 Å². The number of amides is 1. The minimum absolute atomic E-state index is 0.0565. The summed E-state index contributed by atoms with van der Waals surface area (Å²) < 4.78 is 7.49. The van der Waals surface area contributed by atoms with E-state index in [1.54, 1.807) is 7.11 Å². The number of nitrogens with one attached hydrogen (secondary N) is 1. The lowest BCUT2D eigenvalue weighted by Gasteiger charge is -2.10. The van der Waals surface area contributed by atoms with Gasteiger partial charge in [-0.3, -0.25) is 4.79 Å². The molecule has 5 nitrogen and oxygen atoms in total. The summed E-state index contributed by atoms with van der Waals surface area (Å²) in [6.07, 6.45) is 4.56. The Morgan fingerprint density at radius 1 is 1.35 bits per heavy atom. The van der Waals surface area contributed by atoms with Gasteiger partial charge in [0, 0.05) is 36.0 Å². The SMILES string of the molecule is COCCn1c(-c2nc(C(=O)NC3CCCC3)cs2)cc2ccccc21. The first-order chi connectivity index (χ1) is 12.8. The predicted molar refractivity (Wildman–Crippen MR) is 105 cm³/mol. The number of carbonyl (C=O) groups is 1. The Labute approximate surface area is 157 Å². The summed E-state index contributed by atoms with van der Waals surface area (Å²) in [5.74, 6) is -0.0565. The van der Waals surface area contributed by atoms with Crippen LogP contribution in [0.1, 0.15) is 36.2 Å². The molecule has 0 spiro atoms. The molecule has 1 N–H and O–H groups in total. The fourth-order valence-electron chi connectivity index (χ4n) is 3.64. The molecule has 136 valence electrons. The third kappa shape index (κ3) is 3.39. The van der Waals surface area contributed by atoms with Crippen molar-refractivity contribution in [1.29, 1.82) is 0 Å². The first-order valence-corrected chi connectivity index (χ1v) is 9.98. The number of methoxy groups -OCH3 is 1. The zero-order valence-electron chi connectivity index (χ0n) is 14.9. The predicted octanol–water partition coefficient (Wildman–Crippen LogP) is 4.08. The number of carbonyl (C=O) groups excluding carboxylic acids is 1. The van der Waals surface area contributed by atoms with Gasteiger partial charge in [0.15, 0.2) is 0 Å². The van der Waals surface area contributed by atoms with Crippen molar-refractivity contribution in [2.45, 2.75) is 38.3 Å². The minimum Gasteiger partial charge on any atom is -0.383 e. The van der Waals surface area contributed by atoms with Gasteiger partial charge in [-0.05, 0) is 25.0 Å². The molecule has 0 radical (unpaired) electrons. The Hall–Kier alpha value is -2.18. The van der Waals surface area contributed by atoms with E-state index < -0.39 is 0 Å². The average Bonchev–Trinajstić information content (AvgIpc) is 3.39. The summed E-state index contributed by atoms with van der Waals surface area (Å²) >= 11 is 1.52. The number of benzene rings is 1. The third-order valence-corrected chi connectivity index (χ3v) is 5.84. The third-order valence-electron chi connectivity index (χ3n) is 4.98. The van der Waals surface area contributed by atoms with Crippen molar-refractivity contribution in [3.8, 4) is 10.7 Å². The summed E-state index contributed by atoms with van der Waals surface area (Å²) in [4.78, 5) is 17.1. The van der Waals surface area contributed by atoms with Gasteiger partial charge in [0.05, 0.1) is 12.3 Å². The van der Waals surface area contributed by atoms with Crippen LogP contribution in [0.25, 0.3) is 21.6 Å². The Morgan fingerprint density at radius 2 is 2.15 bits per heavy atom. The molecule has 1 aliphatic rings. The van der Waals surface area contributed by atoms with Gasteiger partial charge < -0.3 is 14.6 Å². The number of ether oxygens (including phenoxy) is 1. The minimum atomic E-state index is -0.0565. The van der Waals surface area contributed by atoms with E-state index in [0.29, 0.717) is 18.3 Å². The Kier molecular flexibility index (Phi) is 5.04. The Balaban J connectivity index is 1.63. The van der Waals surface area contributed by atoms with Crippen molar-refractivity contribution in [2.24, 2.45) is 0 Å². The fraction of sp³-hybridized carbons (Fsp3) is 0.400. The molecule has 0 atom stereocenters. The summed E-state index contributed by atoms with van der Waals surface area (Å²) in [5.41, 5.74) is 2.71. The van der Waals surface area contributed by atoms with E-state index in [1.807, 2.05) is 17.5 Å². The average molecular weight is 369 g/mol. The zero-order valence-corrected chi connectivity index (χ0v) is 15.7. The summed E-state index contributed by atoms with van der Waals surface area (Å²) in [7, 11) is 1.71. The van der Waals surface area contributed by atoms with Crippen molar-refractivity contribution in [2.75, 3.05) is 13.7 Å². The number of fused-ring (bicyclic) bond motifs is 1. The molecule has 1 amide bonds. The van der Waals surface area contributed by atoms with Crippen LogP contribution >= 0.6 is 11.3 Å². The number of aromatic nitrogens is 2. The molecule has 0 unspecified atom stereocenters. The standard InChI is InChI=1S/C20H23N3O2S/c1-25-11-10-23-17-9-5-2-6-14(17)12-18(23)20-22-16(13-26-20)19(24)21-15-7-3-4-8-15/h2,5-6,9,12-13,15H,3-4,7-8,10-11H2,1H3,(H,21,24). The maximum atomic E-state index is 12.5. The Morgan fingerprint density at radius 3 is 2.96 bits per heavy atom. The summed E-state index contributed by atoms with van der Waals surface area (Å²) in [6, 6.07) is 10.7. The molecule has 1 aliphatic carbocycles. The van der Waals surface area contributed by atoms with E-state index in [0.717, 1.165) is 35.6 Å². The van der Waals surface area contributed by atoms with Crippen molar-refractivity contribution >= 4 is 28.1 Å². The maximum absolute atomic E-state index is 12.5. The molecular weight excluding hydrogens is 346 g/mol. The topological polar surface area (TPSA) is 56.2 Å². The molecule has 1 saturated carbocycles. The largest absolute Gasteiger partial charge is 0.383 e. The molecule has 6 heteroatoms. The van der Waals surface area contributed by atoms with Crippen LogP contribution in [-0.2, 0) is 11.3 Å². The second kappa shape index (κ2) is 7.60. The quantitative estimate of drug-likeness (QED) is 0.712. The number of nitrogens with zero attached hydrogens (tertiary/aromatic N) is 2. The fourth-order valence-corrected chi connectivity index (χ4v) is 4.46. The van der Waals surface area contributed by atoms with Crippen LogP contribution in [0, 0.1) is 0 Å². The van der Waals surface area contributed by atoms with Gasteiger partial charge >= 0.3 is 0 Å². The van der Waals surface area contributed by atoms with Gasteiger partial charge in [-0.2, -0.15) is 0 Å². The van der Waals surface area contributed by atoms with Crippen LogP contribution in [0.5, 0.6) is 0 Å². The molecule has 1 fully saturated rings. The van der Waals surface area contributed by atoms with E-state index >= 15 is 0 Å². The molecule has 0 bridgehead atoms. The van der Waals surface area contributed by atoms with E-state index in [4.69, 9.17) is 4.74 Å². The summed E-state index contributed by atoms with van der Waals surface area (Å²) in [5, 5.41) is 7.01. The van der Waals surface area contributed by atoms with Gasteiger partial charge in [-0.15, -0.1) is 11.3 Å². The van der Waals surface area contributed by atoms with E-state index in [1.165, 1.54) is 29.6 Å². The van der Waals surface area contributed by atoms with Crippen molar-refractivity contribution in [3.63, 3.8) is 0 Å². The van der Waals surface area contributed by atoms with Gasteiger partial charge in [-0.1, -0.05) is 31.0 Å². The van der Waals surface area contributed by atoms with E-state index in [-0.39, 0.29) is 5.91 Å². The first-order valence-electron chi connectivity index (χ1n) is 9.10. The highest BCUT2D eigenvalue weighted by atomic mass is 32.1. The summed E-state index contributed by atoms with van der Waals surface area (Å²) in [6.45, 7) is 1.38. The number of thiazole rings is 1. The highest BCUT2D eigenvalue weighted by Crippen LogP contribution is 2.30. The van der Waals surface area contributed by atoms with Gasteiger partial charge in [0.2, 0.25) is 0 Å². The Bertz CT molecular complexity index is 909. The van der Waals surface area contributed by atoms with Crippen LogP contribution in [0.2, 0.25) is 0 Å². The second-order valence-corrected chi connectivity index (χ2v) is 7.58. The maximum Gasteiger partial charge on any atom is 0.270 e. The number of para-hydroxylation sites is 1. The monoisotopic (exact) mass is 369 g/mol. The lowest BCUT2D eigenvalue weighted by atomic mass is 10.2. The highest BCUT2D eigenvalue weighted by Gasteiger charge is 2.21. The van der Waals surface area contributed by atoms with E-state index in [2.05, 4.69) is 33.1 Å². The number of hydrogen-bond acceptors (Lipinski definition) is 4. The van der Waals surface area contributed by atoms with Crippen LogP contribution in [0.4, 0.5) is 0 Å². The molecular formula is C20H23N3O2S. The molecule has 2 aromatic heterocycles. The zero-order chi connectivity index (χ0) is 17.9. The molecule has 0 aliphatic heterocycles. The van der Waals surface area contributed by atoms with Crippen LogP contribution < -0.4 is 5.32 Å². The lowest BCUT2D eigenvalue weighted by Crippen LogP contribution is -2.32. The van der Waals surface area contributed by atoms with Gasteiger partial charge in [-0.25, -0.2) is 4.98 Å². The molecule has 4 rings (SSSR count). The molecule has 3 aromatic rings.